The zero-order valence-corrected chi connectivity index (χ0v) is 12.8. The van der Waals surface area contributed by atoms with Gasteiger partial charge in [0.1, 0.15) is 5.75 Å². The molecule has 1 aromatic carbocycles. The summed E-state index contributed by atoms with van der Waals surface area (Å²) in [5.41, 5.74) is 1.47. The Morgan fingerprint density at radius 2 is 1.62 bits per heavy atom. The molecule has 1 heteroatoms. The predicted octanol–water partition coefficient (Wildman–Crippen LogP) is 5.32. The second-order valence-electron chi connectivity index (χ2n) is 6.42. The summed E-state index contributed by atoms with van der Waals surface area (Å²) in [5, 5.41) is 0. The fraction of sp³-hybridized carbons (Fsp3) is 0.500. The molecule has 0 radical (unpaired) electrons. The van der Waals surface area contributed by atoms with Crippen LogP contribution in [0.25, 0.3) is 0 Å². The van der Waals surface area contributed by atoms with Crippen LogP contribution < -0.4 is 4.74 Å². The molecule has 21 heavy (non-hydrogen) atoms. The lowest BCUT2D eigenvalue weighted by atomic mass is 9.85. The maximum atomic E-state index is 5.85. The highest BCUT2D eigenvalue weighted by molar-refractivity contribution is 5.27. The van der Waals surface area contributed by atoms with E-state index in [0.29, 0.717) is 5.92 Å². The van der Waals surface area contributed by atoms with E-state index in [2.05, 4.69) is 48.6 Å². The van der Waals surface area contributed by atoms with Gasteiger partial charge in [0.25, 0.3) is 0 Å². The number of benzene rings is 1. The fourth-order valence-corrected chi connectivity index (χ4v) is 3.43. The topological polar surface area (TPSA) is 9.23 Å². The quantitative estimate of drug-likeness (QED) is 0.686. The molecule has 0 aromatic heterocycles. The van der Waals surface area contributed by atoms with E-state index in [-0.39, 0.29) is 0 Å². The zero-order chi connectivity index (χ0) is 14.3. The van der Waals surface area contributed by atoms with Crippen molar-refractivity contribution in [3.63, 3.8) is 0 Å². The van der Waals surface area contributed by atoms with Gasteiger partial charge in [-0.05, 0) is 42.4 Å². The molecule has 2 aliphatic carbocycles. The highest BCUT2D eigenvalue weighted by Gasteiger charge is 2.13. The van der Waals surface area contributed by atoms with Crippen molar-refractivity contribution in [2.75, 3.05) is 6.61 Å². The Bertz CT molecular complexity index is 465. The largest absolute Gasteiger partial charge is 0.494 e. The van der Waals surface area contributed by atoms with E-state index in [1.54, 1.807) is 0 Å². The lowest BCUT2D eigenvalue weighted by Gasteiger charge is -2.21. The van der Waals surface area contributed by atoms with E-state index in [4.69, 9.17) is 4.74 Å². The van der Waals surface area contributed by atoms with E-state index >= 15 is 0 Å². The van der Waals surface area contributed by atoms with Crippen LogP contribution in [0.2, 0.25) is 0 Å². The van der Waals surface area contributed by atoms with Crippen molar-refractivity contribution in [2.24, 2.45) is 11.8 Å². The molecule has 1 fully saturated rings. The third-order valence-corrected chi connectivity index (χ3v) is 4.72. The first-order chi connectivity index (χ1) is 10.4. The lowest BCUT2D eigenvalue weighted by molar-refractivity contribution is 0.301. The van der Waals surface area contributed by atoms with Crippen LogP contribution in [0, 0.1) is 11.8 Å². The molecule has 1 aromatic rings. The maximum absolute atomic E-state index is 5.85. The smallest absolute Gasteiger partial charge is 0.119 e. The Morgan fingerprint density at radius 3 is 2.33 bits per heavy atom. The van der Waals surface area contributed by atoms with Crippen molar-refractivity contribution >= 4 is 0 Å². The van der Waals surface area contributed by atoms with Gasteiger partial charge in [0.05, 0.1) is 6.61 Å². The molecule has 0 N–H and O–H groups in total. The summed E-state index contributed by atoms with van der Waals surface area (Å²) in [5.74, 6) is 2.48. The first-order valence-electron chi connectivity index (χ1n) is 8.47. The van der Waals surface area contributed by atoms with Gasteiger partial charge in [0, 0.05) is 0 Å². The highest BCUT2D eigenvalue weighted by atomic mass is 16.5. The van der Waals surface area contributed by atoms with Crippen LogP contribution in [-0.2, 0) is 6.42 Å². The second-order valence-corrected chi connectivity index (χ2v) is 6.42. The van der Waals surface area contributed by atoms with E-state index in [1.807, 2.05) is 0 Å². The molecule has 0 bridgehead atoms. The number of rotatable bonds is 6. The minimum Gasteiger partial charge on any atom is -0.494 e. The average Bonchev–Trinajstić information content (AvgIpc) is 3.03. The van der Waals surface area contributed by atoms with Gasteiger partial charge >= 0.3 is 0 Å². The third-order valence-electron chi connectivity index (χ3n) is 4.72. The van der Waals surface area contributed by atoms with Gasteiger partial charge in [-0.2, -0.15) is 0 Å². The van der Waals surface area contributed by atoms with Gasteiger partial charge < -0.3 is 4.74 Å². The fourth-order valence-electron chi connectivity index (χ4n) is 3.43. The van der Waals surface area contributed by atoms with E-state index in [9.17, 15) is 0 Å². The molecular weight excluding hydrogens is 256 g/mol. The van der Waals surface area contributed by atoms with Gasteiger partial charge in [-0.15, -0.1) is 0 Å². The molecule has 0 atom stereocenters. The Kier molecular flexibility index (Phi) is 5.15. The van der Waals surface area contributed by atoms with Gasteiger partial charge in [-0.3, -0.25) is 0 Å². The number of allylic oxidation sites excluding steroid dienone is 4. The molecule has 0 spiro atoms. The van der Waals surface area contributed by atoms with E-state index < -0.39 is 0 Å². The van der Waals surface area contributed by atoms with E-state index in [1.165, 1.54) is 44.1 Å². The zero-order valence-electron chi connectivity index (χ0n) is 12.8. The van der Waals surface area contributed by atoms with Crippen LogP contribution in [0.1, 0.15) is 44.1 Å². The van der Waals surface area contributed by atoms with Gasteiger partial charge in [-0.25, -0.2) is 0 Å². The molecule has 2 aliphatic rings. The summed E-state index contributed by atoms with van der Waals surface area (Å²) in [6.45, 7) is 0.793. The van der Waals surface area contributed by atoms with Crippen molar-refractivity contribution in [3.05, 3.63) is 54.1 Å². The third kappa shape index (κ3) is 4.49. The molecule has 0 unspecified atom stereocenters. The minimum absolute atomic E-state index is 0.565. The summed E-state index contributed by atoms with van der Waals surface area (Å²) in [6.07, 6.45) is 18.1. The molecular formula is C20H26O. The number of ether oxygens (including phenoxy) is 1. The van der Waals surface area contributed by atoms with E-state index in [0.717, 1.165) is 24.7 Å². The van der Waals surface area contributed by atoms with Gasteiger partial charge in [0.15, 0.2) is 0 Å². The van der Waals surface area contributed by atoms with Crippen LogP contribution in [-0.4, -0.2) is 6.61 Å². The molecule has 112 valence electrons. The van der Waals surface area contributed by atoms with Gasteiger partial charge in [-0.1, -0.05) is 68.5 Å². The van der Waals surface area contributed by atoms with Crippen molar-refractivity contribution in [3.8, 4) is 5.75 Å². The predicted molar refractivity (Wildman–Crippen MR) is 88.6 cm³/mol. The maximum Gasteiger partial charge on any atom is 0.119 e. The van der Waals surface area contributed by atoms with Crippen LogP contribution >= 0.6 is 0 Å². The van der Waals surface area contributed by atoms with Crippen LogP contribution in [0.4, 0.5) is 0 Å². The van der Waals surface area contributed by atoms with Crippen LogP contribution in [0.3, 0.4) is 0 Å². The molecule has 3 rings (SSSR count). The molecule has 0 heterocycles. The Balaban J connectivity index is 1.42. The summed E-state index contributed by atoms with van der Waals surface area (Å²) in [6, 6.07) is 8.77. The van der Waals surface area contributed by atoms with Crippen molar-refractivity contribution in [1.82, 2.24) is 0 Å². The molecule has 0 saturated heterocycles. The summed E-state index contributed by atoms with van der Waals surface area (Å²) in [4.78, 5) is 0. The van der Waals surface area contributed by atoms with Crippen molar-refractivity contribution < 1.29 is 4.74 Å². The normalized spacial score (nSPS) is 19.2. The highest BCUT2D eigenvalue weighted by Crippen LogP contribution is 2.27. The number of hydrogen-bond donors (Lipinski definition) is 0. The second kappa shape index (κ2) is 7.49. The first kappa shape index (κ1) is 14.4. The first-order valence-corrected chi connectivity index (χ1v) is 8.47. The SMILES string of the molecule is C1=CC(CCOc2ccc(CC3CCCCC3)cc2)C=C1. The van der Waals surface area contributed by atoms with Crippen LogP contribution in [0.5, 0.6) is 5.75 Å². The lowest BCUT2D eigenvalue weighted by Crippen LogP contribution is -2.09. The molecule has 1 nitrogen and oxygen atoms in total. The minimum atomic E-state index is 0.565. The Hall–Kier alpha value is -1.50. The van der Waals surface area contributed by atoms with Crippen molar-refractivity contribution in [2.45, 2.75) is 44.9 Å². The standard InChI is InChI=1S/C20H26O/c1-2-8-18(9-3-1)16-19-10-12-20(13-11-19)21-15-14-17-6-4-5-7-17/h4-7,10-13,17-18H,1-3,8-9,14-16H2. The Labute approximate surface area is 128 Å². The summed E-state index contributed by atoms with van der Waals surface area (Å²) in [7, 11) is 0. The summed E-state index contributed by atoms with van der Waals surface area (Å²) < 4.78 is 5.85. The van der Waals surface area contributed by atoms with Gasteiger partial charge in [0.2, 0.25) is 0 Å². The number of hydrogen-bond acceptors (Lipinski definition) is 1. The van der Waals surface area contributed by atoms with Crippen LogP contribution in [0.15, 0.2) is 48.6 Å². The molecule has 0 aliphatic heterocycles. The Morgan fingerprint density at radius 1 is 0.905 bits per heavy atom. The van der Waals surface area contributed by atoms with Crippen molar-refractivity contribution in [1.29, 1.82) is 0 Å². The molecule has 0 amide bonds. The summed E-state index contributed by atoms with van der Waals surface area (Å²) >= 11 is 0. The molecule has 1 saturated carbocycles. The average molecular weight is 282 g/mol. The monoisotopic (exact) mass is 282 g/mol.